The van der Waals surface area contributed by atoms with Gasteiger partial charge in [0, 0.05) is 12.1 Å². The van der Waals surface area contributed by atoms with Crippen molar-refractivity contribution in [2.24, 2.45) is 5.92 Å². The van der Waals surface area contributed by atoms with Crippen molar-refractivity contribution in [2.45, 2.75) is 44.2 Å². The summed E-state index contributed by atoms with van der Waals surface area (Å²) in [5, 5.41) is 12.3. The molecule has 0 aliphatic heterocycles. The summed E-state index contributed by atoms with van der Waals surface area (Å²) < 4.78 is 14.7. The summed E-state index contributed by atoms with van der Waals surface area (Å²) in [5.41, 5.74) is 1.84. The normalized spacial score (nSPS) is 26.7. The van der Waals surface area contributed by atoms with E-state index in [4.69, 9.17) is 11.6 Å². The van der Waals surface area contributed by atoms with Crippen molar-refractivity contribution in [2.75, 3.05) is 0 Å². The molecule has 22 heavy (non-hydrogen) atoms. The molecule has 2 aliphatic carbocycles. The van der Waals surface area contributed by atoms with Gasteiger partial charge in [-0.2, -0.15) is 0 Å². The molecule has 1 heterocycles. The molecule has 6 heteroatoms. The van der Waals surface area contributed by atoms with E-state index in [1.54, 1.807) is 10.7 Å². The number of nitrogens with one attached hydrogen (secondary N) is 1. The Hall–Kier alpha value is -1.46. The molecular formula is C16H18ClFN4. The molecular weight excluding hydrogens is 303 g/mol. The molecule has 4 nitrogen and oxygen atoms in total. The second kappa shape index (κ2) is 5.32. The van der Waals surface area contributed by atoms with Crippen molar-refractivity contribution < 1.29 is 4.39 Å². The molecule has 2 saturated carbocycles. The van der Waals surface area contributed by atoms with Gasteiger partial charge in [-0.1, -0.05) is 16.8 Å². The predicted molar refractivity (Wildman–Crippen MR) is 82.5 cm³/mol. The van der Waals surface area contributed by atoms with Crippen molar-refractivity contribution in [1.82, 2.24) is 20.3 Å². The molecule has 0 saturated heterocycles. The number of aromatic nitrogens is 3. The van der Waals surface area contributed by atoms with Crippen LogP contribution in [0.25, 0.3) is 5.69 Å². The van der Waals surface area contributed by atoms with Crippen LogP contribution in [0.15, 0.2) is 24.4 Å². The van der Waals surface area contributed by atoms with Gasteiger partial charge in [-0.15, -0.1) is 5.10 Å². The molecule has 1 aromatic carbocycles. The summed E-state index contributed by atoms with van der Waals surface area (Å²) in [6.07, 6.45) is 8.40. The van der Waals surface area contributed by atoms with Gasteiger partial charge in [0.2, 0.25) is 0 Å². The Labute approximate surface area is 133 Å². The molecule has 0 atom stereocenters. The molecule has 2 aromatic rings. The van der Waals surface area contributed by atoms with Crippen LogP contribution in [0.2, 0.25) is 5.02 Å². The zero-order valence-corrected chi connectivity index (χ0v) is 13.0. The van der Waals surface area contributed by atoms with Gasteiger partial charge in [-0.05, 0) is 56.2 Å². The van der Waals surface area contributed by atoms with Crippen molar-refractivity contribution in [3.8, 4) is 5.69 Å². The van der Waals surface area contributed by atoms with E-state index in [2.05, 4.69) is 15.6 Å². The third-order valence-electron chi connectivity index (χ3n) is 5.08. The second-order valence-corrected chi connectivity index (χ2v) is 6.94. The van der Waals surface area contributed by atoms with Crippen molar-refractivity contribution in [3.63, 3.8) is 0 Å². The SMILES string of the molecule is Fc1ccc(-n2cc(CNC34CCC(CC3)C4)nn2)c(Cl)c1. The van der Waals surface area contributed by atoms with Gasteiger partial charge in [0.25, 0.3) is 0 Å². The number of fused-ring (bicyclic) bond motifs is 2. The van der Waals surface area contributed by atoms with Crippen LogP contribution in [0.1, 0.15) is 37.8 Å². The Morgan fingerprint density at radius 3 is 2.86 bits per heavy atom. The van der Waals surface area contributed by atoms with E-state index in [9.17, 15) is 4.39 Å². The van der Waals surface area contributed by atoms with E-state index in [1.807, 2.05) is 6.20 Å². The van der Waals surface area contributed by atoms with E-state index in [1.165, 1.54) is 44.2 Å². The molecule has 0 spiro atoms. The van der Waals surface area contributed by atoms with Crippen molar-refractivity contribution in [1.29, 1.82) is 0 Å². The molecule has 1 aromatic heterocycles. The van der Waals surface area contributed by atoms with Crippen LogP contribution < -0.4 is 5.32 Å². The van der Waals surface area contributed by atoms with Gasteiger partial charge in [0.05, 0.1) is 22.6 Å². The average molecular weight is 321 g/mol. The van der Waals surface area contributed by atoms with Crippen LogP contribution in [-0.4, -0.2) is 20.5 Å². The first kappa shape index (κ1) is 14.2. The Bertz CT molecular complexity index is 691. The molecule has 0 radical (unpaired) electrons. The smallest absolute Gasteiger partial charge is 0.124 e. The summed E-state index contributed by atoms with van der Waals surface area (Å²) >= 11 is 6.06. The maximum absolute atomic E-state index is 13.1. The number of hydrogen-bond acceptors (Lipinski definition) is 3. The zero-order valence-electron chi connectivity index (χ0n) is 12.2. The number of benzene rings is 1. The molecule has 4 rings (SSSR count). The number of nitrogens with zero attached hydrogens (tertiary/aromatic N) is 3. The highest BCUT2D eigenvalue weighted by molar-refractivity contribution is 6.32. The van der Waals surface area contributed by atoms with E-state index >= 15 is 0 Å². The van der Waals surface area contributed by atoms with E-state index in [0.29, 0.717) is 22.8 Å². The number of rotatable bonds is 4. The molecule has 1 N–H and O–H groups in total. The van der Waals surface area contributed by atoms with Crippen molar-refractivity contribution in [3.05, 3.63) is 40.9 Å². The molecule has 0 amide bonds. The number of halogens is 2. The summed E-state index contributed by atoms with van der Waals surface area (Å²) in [6, 6.07) is 4.27. The van der Waals surface area contributed by atoms with E-state index < -0.39 is 0 Å². The largest absolute Gasteiger partial charge is 0.305 e. The molecule has 0 unspecified atom stereocenters. The lowest BCUT2D eigenvalue weighted by atomic mass is 9.94. The second-order valence-electron chi connectivity index (χ2n) is 6.53. The minimum atomic E-state index is -0.355. The number of hydrogen-bond donors (Lipinski definition) is 1. The van der Waals surface area contributed by atoms with Gasteiger partial charge in [-0.25, -0.2) is 9.07 Å². The minimum Gasteiger partial charge on any atom is -0.305 e. The van der Waals surface area contributed by atoms with Gasteiger partial charge in [0.1, 0.15) is 5.82 Å². The maximum Gasteiger partial charge on any atom is 0.124 e. The third-order valence-corrected chi connectivity index (χ3v) is 5.39. The standard InChI is InChI=1S/C16H18ClFN4/c17-14-7-12(18)1-2-15(14)22-10-13(20-21-22)9-19-16-5-3-11(8-16)4-6-16/h1-2,7,10-11,19H,3-6,8-9H2. The molecule has 2 bridgehead atoms. The lowest BCUT2D eigenvalue weighted by molar-refractivity contribution is 0.324. The first-order valence-corrected chi connectivity index (χ1v) is 8.13. The van der Waals surface area contributed by atoms with Crippen LogP contribution in [0, 0.1) is 11.7 Å². The summed E-state index contributed by atoms with van der Waals surface area (Å²) in [6.45, 7) is 0.714. The zero-order chi connectivity index (χ0) is 15.2. The first-order valence-electron chi connectivity index (χ1n) is 7.75. The lowest BCUT2D eigenvalue weighted by Gasteiger charge is -2.27. The fourth-order valence-corrected chi connectivity index (χ4v) is 4.14. The quantitative estimate of drug-likeness (QED) is 0.938. The highest BCUT2D eigenvalue weighted by Gasteiger charge is 2.44. The maximum atomic E-state index is 13.1. The fraction of sp³-hybridized carbons (Fsp3) is 0.500. The van der Waals surface area contributed by atoms with E-state index in [0.717, 1.165) is 11.6 Å². The summed E-state index contributed by atoms with van der Waals surface area (Å²) in [7, 11) is 0. The van der Waals surface area contributed by atoms with E-state index in [-0.39, 0.29) is 5.82 Å². The van der Waals surface area contributed by atoms with Crippen LogP contribution in [0.3, 0.4) is 0 Å². The predicted octanol–water partition coefficient (Wildman–Crippen LogP) is 3.48. The fourth-order valence-electron chi connectivity index (χ4n) is 3.88. The molecule has 116 valence electrons. The Kier molecular flexibility index (Phi) is 3.42. The average Bonchev–Trinajstić information content (AvgIpc) is 3.21. The highest BCUT2D eigenvalue weighted by atomic mass is 35.5. The van der Waals surface area contributed by atoms with Crippen LogP contribution in [0.5, 0.6) is 0 Å². The van der Waals surface area contributed by atoms with Crippen LogP contribution >= 0.6 is 11.6 Å². The van der Waals surface area contributed by atoms with Crippen LogP contribution in [-0.2, 0) is 6.54 Å². The third kappa shape index (κ3) is 2.52. The van der Waals surface area contributed by atoms with Crippen LogP contribution in [0.4, 0.5) is 4.39 Å². The van der Waals surface area contributed by atoms with Gasteiger partial charge in [0.15, 0.2) is 0 Å². The molecule has 2 aliphatic rings. The Balaban J connectivity index is 1.47. The monoisotopic (exact) mass is 320 g/mol. The topological polar surface area (TPSA) is 42.7 Å². The summed E-state index contributed by atoms with van der Waals surface area (Å²) in [5.74, 6) is 0.563. The Morgan fingerprint density at radius 1 is 1.36 bits per heavy atom. The van der Waals surface area contributed by atoms with Gasteiger partial charge < -0.3 is 5.32 Å². The first-order chi connectivity index (χ1) is 10.6. The van der Waals surface area contributed by atoms with Crippen molar-refractivity contribution >= 4 is 11.6 Å². The Morgan fingerprint density at radius 2 is 2.18 bits per heavy atom. The molecule has 2 fully saturated rings. The minimum absolute atomic E-state index is 0.321. The van der Waals surface area contributed by atoms with Gasteiger partial charge in [-0.3, -0.25) is 0 Å². The van der Waals surface area contributed by atoms with Gasteiger partial charge >= 0.3 is 0 Å². The summed E-state index contributed by atoms with van der Waals surface area (Å²) in [4.78, 5) is 0. The highest BCUT2D eigenvalue weighted by Crippen LogP contribution is 2.47. The lowest BCUT2D eigenvalue weighted by Crippen LogP contribution is -2.40.